The maximum absolute atomic E-state index is 12.5. The third-order valence-electron chi connectivity index (χ3n) is 3.88. The lowest BCUT2D eigenvalue weighted by Crippen LogP contribution is -2.28. The lowest BCUT2D eigenvalue weighted by molar-refractivity contribution is -0.139. The summed E-state index contributed by atoms with van der Waals surface area (Å²) in [6.07, 6.45) is 0. The van der Waals surface area contributed by atoms with E-state index in [9.17, 15) is 14.4 Å². The summed E-state index contributed by atoms with van der Waals surface area (Å²) in [5.41, 5.74) is 1.80. The van der Waals surface area contributed by atoms with Crippen molar-refractivity contribution in [3.63, 3.8) is 0 Å². The van der Waals surface area contributed by atoms with Crippen LogP contribution < -0.4 is 15.4 Å². The molecule has 0 aliphatic rings. The third-order valence-corrected chi connectivity index (χ3v) is 3.88. The number of aryl methyl sites for hydroxylation is 1. The van der Waals surface area contributed by atoms with Crippen molar-refractivity contribution >= 4 is 29.2 Å². The molecule has 7 heteroatoms. The number of nitrogens with one attached hydrogen (secondary N) is 2. The SMILES string of the molecule is Cc1ccc(NC(=O)c2cccc(OCC(=O)O)c2)cc1NC(=O)C(C)(C)C. The molecule has 0 spiro atoms. The van der Waals surface area contributed by atoms with E-state index in [1.54, 1.807) is 36.4 Å². The number of amides is 2. The molecule has 2 aromatic carbocycles. The van der Waals surface area contributed by atoms with Crippen LogP contribution in [-0.4, -0.2) is 29.5 Å². The summed E-state index contributed by atoms with van der Waals surface area (Å²) >= 11 is 0. The molecule has 0 aliphatic heterocycles. The monoisotopic (exact) mass is 384 g/mol. The lowest BCUT2D eigenvalue weighted by atomic mass is 9.95. The van der Waals surface area contributed by atoms with E-state index in [0.29, 0.717) is 16.9 Å². The molecule has 7 nitrogen and oxygen atoms in total. The highest BCUT2D eigenvalue weighted by Crippen LogP contribution is 2.24. The van der Waals surface area contributed by atoms with E-state index in [-0.39, 0.29) is 17.6 Å². The minimum absolute atomic E-state index is 0.123. The van der Waals surface area contributed by atoms with Gasteiger partial charge in [-0.2, -0.15) is 0 Å². The number of benzene rings is 2. The smallest absolute Gasteiger partial charge is 0.341 e. The van der Waals surface area contributed by atoms with E-state index in [4.69, 9.17) is 9.84 Å². The number of rotatable bonds is 6. The standard InChI is InChI=1S/C21H24N2O5/c1-13-8-9-15(11-17(13)23-20(27)21(2,3)4)22-19(26)14-6-5-7-16(10-14)28-12-18(24)25/h5-11H,12H2,1-4H3,(H,22,26)(H,23,27)(H,24,25). The average Bonchev–Trinajstić information content (AvgIpc) is 2.62. The van der Waals surface area contributed by atoms with Crippen molar-refractivity contribution in [1.82, 2.24) is 0 Å². The maximum atomic E-state index is 12.5. The van der Waals surface area contributed by atoms with Gasteiger partial charge >= 0.3 is 5.97 Å². The Kier molecular flexibility index (Phi) is 6.41. The Morgan fingerprint density at radius 2 is 1.75 bits per heavy atom. The fraction of sp³-hybridized carbons (Fsp3) is 0.286. The largest absolute Gasteiger partial charge is 0.482 e. The number of ether oxygens (including phenoxy) is 1. The molecular formula is C21H24N2O5. The number of carboxylic acid groups (broad SMARTS) is 1. The van der Waals surface area contributed by atoms with Crippen molar-refractivity contribution in [2.45, 2.75) is 27.7 Å². The van der Waals surface area contributed by atoms with Gasteiger partial charge in [-0.15, -0.1) is 0 Å². The van der Waals surface area contributed by atoms with Gasteiger partial charge in [-0.3, -0.25) is 9.59 Å². The van der Waals surface area contributed by atoms with Crippen molar-refractivity contribution in [3.05, 3.63) is 53.6 Å². The summed E-state index contributed by atoms with van der Waals surface area (Å²) in [5.74, 6) is -1.31. The fourth-order valence-electron chi connectivity index (χ4n) is 2.22. The predicted octanol–water partition coefficient (Wildman–Crippen LogP) is 3.70. The molecule has 0 bridgehead atoms. The van der Waals surface area contributed by atoms with Crippen LogP contribution >= 0.6 is 0 Å². The van der Waals surface area contributed by atoms with Crippen LogP contribution in [-0.2, 0) is 9.59 Å². The van der Waals surface area contributed by atoms with Gasteiger partial charge in [0.05, 0.1) is 0 Å². The van der Waals surface area contributed by atoms with Gasteiger partial charge in [0.15, 0.2) is 6.61 Å². The Labute approximate surface area is 163 Å². The zero-order valence-electron chi connectivity index (χ0n) is 16.3. The van der Waals surface area contributed by atoms with Gasteiger partial charge in [-0.25, -0.2) is 4.79 Å². The molecule has 0 aromatic heterocycles. The summed E-state index contributed by atoms with van der Waals surface area (Å²) in [6.45, 7) is 6.85. The Morgan fingerprint density at radius 3 is 2.39 bits per heavy atom. The summed E-state index contributed by atoms with van der Waals surface area (Å²) in [4.78, 5) is 35.3. The third kappa shape index (κ3) is 5.84. The number of anilines is 2. The van der Waals surface area contributed by atoms with Crippen LogP contribution in [0.3, 0.4) is 0 Å². The quantitative estimate of drug-likeness (QED) is 0.704. The van der Waals surface area contributed by atoms with Crippen LogP contribution in [0.4, 0.5) is 11.4 Å². The van der Waals surface area contributed by atoms with Gasteiger partial charge in [-0.1, -0.05) is 32.9 Å². The molecule has 2 amide bonds. The van der Waals surface area contributed by atoms with Gasteiger partial charge in [0, 0.05) is 22.4 Å². The van der Waals surface area contributed by atoms with Gasteiger partial charge in [0.25, 0.3) is 5.91 Å². The molecule has 0 radical (unpaired) electrons. The van der Waals surface area contributed by atoms with Crippen LogP contribution in [0.15, 0.2) is 42.5 Å². The number of carbonyl (C=O) groups is 3. The molecule has 2 aromatic rings. The Morgan fingerprint density at radius 1 is 1.04 bits per heavy atom. The predicted molar refractivity (Wildman–Crippen MR) is 107 cm³/mol. The van der Waals surface area contributed by atoms with Gasteiger partial charge in [-0.05, 0) is 42.8 Å². The number of hydrogen-bond donors (Lipinski definition) is 3. The Hall–Kier alpha value is -3.35. The Balaban J connectivity index is 2.14. The molecule has 0 saturated heterocycles. The van der Waals surface area contributed by atoms with Gasteiger partial charge in [0.2, 0.25) is 5.91 Å². The van der Waals surface area contributed by atoms with Gasteiger partial charge < -0.3 is 20.5 Å². The second-order valence-corrected chi connectivity index (χ2v) is 7.40. The first-order valence-electron chi connectivity index (χ1n) is 8.74. The van der Waals surface area contributed by atoms with E-state index in [2.05, 4.69) is 10.6 Å². The van der Waals surface area contributed by atoms with Crippen molar-refractivity contribution in [3.8, 4) is 5.75 Å². The Bertz CT molecular complexity index is 900. The fourth-order valence-corrected chi connectivity index (χ4v) is 2.22. The van der Waals surface area contributed by atoms with E-state index in [1.165, 1.54) is 6.07 Å². The number of hydrogen-bond acceptors (Lipinski definition) is 4. The molecule has 28 heavy (non-hydrogen) atoms. The first-order valence-corrected chi connectivity index (χ1v) is 8.74. The van der Waals surface area contributed by atoms with Crippen molar-refractivity contribution < 1.29 is 24.2 Å². The van der Waals surface area contributed by atoms with E-state index < -0.39 is 18.0 Å². The van der Waals surface area contributed by atoms with E-state index in [1.807, 2.05) is 27.7 Å². The molecule has 148 valence electrons. The minimum atomic E-state index is -1.10. The maximum Gasteiger partial charge on any atom is 0.341 e. The zero-order valence-corrected chi connectivity index (χ0v) is 16.3. The topological polar surface area (TPSA) is 105 Å². The highest BCUT2D eigenvalue weighted by Gasteiger charge is 2.22. The molecule has 2 rings (SSSR count). The first kappa shape index (κ1) is 21.0. The highest BCUT2D eigenvalue weighted by molar-refractivity contribution is 6.05. The van der Waals surface area contributed by atoms with Crippen LogP contribution in [0.1, 0.15) is 36.7 Å². The second-order valence-electron chi connectivity index (χ2n) is 7.40. The van der Waals surface area contributed by atoms with Crippen LogP contribution in [0, 0.1) is 12.3 Å². The summed E-state index contributed by atoms with van der Waals surface area (Å²) < 4.78 is 5.09. The van der Waals surface area contributed by atoms with Crippen LogP contribution in [0.25, 0.3) is 0 Å². The van der Waals surface area contributed by atoms with Gasteiger partial charge in [0.1, 0.15) is 5.75 Å². The minimum Gasteiger partial charge on any atom is -0.482 e. The molecule has 0 heterocycles. The van der Waals surface area contributed by atoms with Crippen molar-refractivity contribution in [2.24, 2.45) is 5.41 Å². The number of aliphatic carboxylic acids is 1. The summed E-state index contributed by atoms with van der Waals surface area (Å²) in [6, 6.07) is 11.5. The zero-order chi connectivity index (χ0) is 20.9. The molecule has 0 atom stereocenters. The van der Waals surface area contributed by atoms with E-state index in [0.717, 1.165) is 5.56 Å². The van der Waals surface area contributed by atoms with Crippen molar-refractivity contribution in [1.29, 1.82) is 0 Å². The molecule has 0 saturated carbocycles. The number of carbonyl (C=O) groups excluding carboxylic acids is 2. The normalized spacial score (nSPS) is 10.9. The molecule has 0 fully saturated rings. The number of carboxylic acids is 1. The molecule has 3 N–H and O–H groups in total. The molecule has 0 unspecified atom stereocenters. The van der Waals surface area contributed by atoms with E-state index >= 15 is 0 Å². The second kappa shape index (κ2) is 8.56. The summed E-state index contributed by atoms with van der Waals surface area (Å²) in [7, 11) is 0. The van der Waals surface area contributed by atoms with Crippen LogP contribution in [0.5, 0.6) is 5.75 Å². The van der Waals surface area contributed by atoms with Crippen molar-refractivity contribution in [2.75, 3.05) is 17.2 Å². The van der Waals surface area contributed by atoms with Crippen LogP contribution in [0.2, 0.25) is 0 Å². The average molecular weight is 384 g/mol. The first-order chi connectivity index (χ1) is 13.1. The summed E-state index contributed by atoms with van der Waals surface area (Å²) in [5, 5.41) is 14.3. The molecular weight excluding hydrogens is 360 g/mol. The highest BCUT2D eigenvalue weighted by atomic mass is 16.5. The lowest BCUT2D eigenvalue weighted by Gasteiger charge is -2.19. The molecule has 0 aliphatic carbocycles.